The Morgan fingerprint density at radius 2 is 1.06 bits per heavy atom. The first-order valence-electron chi connectivity index (χ1n) is 17.5. The minimum Gasteiger partial charge on any atom is -0.489 e. The van der Waals surface area contributed by atoms with E-state index in [-0.39, 0.29) is 12.9 Å². The van der Waals surface area contributed by atoms with Crippen LogP contribution in [0, 0.1) is 0 Å². The van der Waals surface area contributed by atoms with E-state index in [1.807, 2.05) is 140 Å². The summed E-state index contributed by atoms with van der Waals surface area (Å²) in [4.78, 5) is 0. The van der Waals surface area contributed by atoms with Crippen molar-refractivity contribution in [3.05, 3.63) is 185 Å². The maximum Gasteiger partial charge on any atom is 0.188 e. The summed E-state index contributed by atoms with van der Waals surface area (Å²) in [5.74, 6) is 3.20. The van der Waals surface area contributed by atoms with Crippen LogP contribution < -0.4 is 23.7 Å². The first-order chi connectivity index (χ1) is 25.7. The summed E-state index contributed by atoms with van der Waals surface area (Å²) in [5, 5.41) is 0. The number of fused-ring (bicyclic) bond motifs is 1. The van der Waals surface area contributed by atoms with Crippen LogP contribution in [0.3, 0.4) is 0 Å². The van der Waals surface area contributed by atoms with Gasteiger partial charge in [-0.2, -0.15) is 0 Å². The van der Waals surface area contributed by atoms with Crippen LogP contribution in [-0.4, -0.2) is 20.0 Å². The van der Waals surface area contributed by atoms with Gasteiger partial charge in [0.2, 0.25) is 0 Å². The molecule has 0 saturated carbocycles. The van der Waals surface area contributed by atoms with E-state index >= 15 is 0 Å². The van der Waals surface area contributed by atoms with Gasteiger partial charge in [0.25, 0.3) is 0 Å². The molecular weight excluding hydrogens is 652 g/mol. The van der Waals surface area contributed by atoms with Gasteiger partial charge in [-0.15, -0.1) is 0 Å². The zero-order chi connectivity index (χ0) is 35.4. The fraction of sp³-hybridized carbons (Fsp3) is 0.200. The normalized spacial score (nSPS) is 14.9. The Balaban J connectivity index is 1.22. The van der Waals surface area contributed by atoms with Crippen molar-refractivity contribution in [1.82, 2.24) is 0 Å². The Bertz CT molecular complexity index is 1990. The molecule has 0 saturated heterocycles. The van der Waals surface area contributed by atoms with Gasteiger partial charge in [-0.3, -0.25) is 0 Å². The number of benzene rings is 6. The summed E-state index contributed by atoms with van der Waals surface area (Å²) < 4.78 is 44.0. The Kier molecular flexibility index (Phi) is 11.6. The lowest BCUT2D eigenvalue weighted by Gasteiger charge is -2.35. The van der Waals surface area contributed by atoms with Crippen molar-refractivity contribution in [2.45, 2.75) is 45.1 Å². The average molecular weight is 695 g/mol. The lowest BCUT2D eigenvalue weighted by atomic mass is 9.93. The lowest BCUT2D eigenvalue weighted by molar-refractivity contribution is -0.0475. The van der Waals surface area contributed by atoms with E-state index in [0.717, 1.165) is 33.4 Å². The van der Waals surface area contributed by atoms with Gasteiger partial charge in [0, 0.05) is 31.2 Å². The number of methoxy groups -OCH3 is 1. The van der Waals surface area contributed by atoms with Crippen molar-refractivity contribution in [3.8, 4) is 28.7 Å². The Morgan fingerprint density at radius 3 is 1.63 bits per heavy atom. The first-order valence-corrected chi connectivity index (χ1v) is 17.5. The zero-order valence-electron chi connectivity index (χ0n) is 29.2. The van der Waals surface area contributed by atoms with Crippen molar-refractivity contribution in [2.24, 2.45) is 0 Å². The minimum atomic E-state index is -0.474. The highest BCUT2D eigenvalue weighted by Gasteiger charge is 2.35. The summed E-state index contributed by atoms with van der Waals surface area (Å²) in [6, 6.07) is 50.2. The molecule has 1 heterocycles. The second-order valence-electron chi connectivity index (χ2n) is 12.6. The molecule has 0 bridgehead atoms. The molecule has 0 amide bonds. The SMILES string of the molecule is COCOc1cc(OCc2ccccc2)cc2c1C[C@@H](OCc1ccccc1)[C@@H](c1ccc(OCc3ccccc3)c(OCc3ccccc3)c1)O2. The summed E-state index contributed by atoms with van der Waals surface area (Å²) in [7, 11) is 1.60. The molecule has 7 nitrogen and oxygen atoms in total. The van der Waals surface area contributed by atoms with Crippen LogP contribution in [0.1, 0.15) is 39.5 Å². The Hall–Kier alpha value is -5.76. The molecule has 52 heavy (non-hydrogen) atoms. The van der Waals surface area contributed by atoms with Gasteiger partial charge < -0.3 is 33.2 Å². The number of hydrogen-bond acceptors (Lipinski definition) is 7. The van der Waals surface area contributed by atoms with E-state index in [0.29, 0.717) is 61.6 Å². The molecule has 0 unspecified atom stereocenters. The van der Waals surface area contributed by atoms with Crippen molar-refractivity contribution in [2.75, 3.05) is 13.9 Å². The highest BCUT2D eigenvalue weighted by Crippen LogP contribution is 2.45. The van der Waals surface area contributed by atoms with Gasteiger partial charge in [0.1, 0.15) is 43.2 Å². The fourth-order valence-electron chi connectivity index (χ4n) is 6.11. The molecule has 1 aliphatic rings. The van der Waals surface area contributed by atoms with Crippen LogP contribution in [0.15, 0.2) is 152 Å². The highest BCUT2D eigenvalue weighted by atomic mass is 16.7. The van der Waals surface area contributed by atoms with Crippen LogP contribution >= 0.6 is 0 Å². The summed E-state index contributed by atoms with van der Waals surface area (Å²) in [6.07, 6.45) is -0.290. The van der Waals surface area contributed by atoms with Crippen molar-refractivity contribution in [3.63, 3.8) is 0 Å². The quantitative estimate of drug-likeness (QED) is 0.0935. The van der Waals surface area contributed by atoms with Gasteiger partial charge in [0.15, 0.2) is 24.4 Å². The largest absolute Gasteiger partial charge is 0.489 e. The second kappa shape index (κ2) is 17.4. The van der Waals surface area contributed by atoms with E-state index in [1.54, 1.807) is 7.11 Å². The van der Waals surface area contributed by atoms with E-state index in [4.69, 9.17) is 33.2 Å². The average Bonchev–Trinajstić information content (AvgIpc) is 3.21. The molecule has 0 aromatic heterocycles. The molecular formula is C45H42O7. The Morgan fingerprint density at radius 1 is 0.519 bits per heavy atom. The second-order valence-corrected chi connectivity index (χ2v) is 12.6. The summed E-state index contributed by atoms with van der Waals surface area (Å²) in [5.41, 5.74) is 6.05. The molecule has 0 radical (unpaired) electrons. The third kappa shape index (κ3) is 9.12. The summed E-state index contributed by atoms with van der Waals surface area (Å²) >= 11 is 0. The smallest absolute Gasteiger partial charge is 0.188 e. The van der Waals surface area contributed by atoms with E-state index < -0.39 is 6.10 Å². The molecule has 0 fully saturated rings. The van der Waals surface area contributed by atoms with Crippen LogP contribution in [-0.2, 0) is 42.3 Å². The van der Waals surface area contributed by atoms with E-state index in [2.05, 4.69) is 12.1 Å². The van der Waals surface area contributed by atoms with Gasteiger partial charge >= 0.3 is 0 Å². The van der Waals surface area contributed by atoms with Gasteiger partial charge in [0.05, 0.1) is 6.61 Å². The van der Waals surface area contributed by atoms with Crippen molar-refractivity contribution < 1.29 is 33.2 Å². The van der Waals surface area contributed by atoms with E-state index in [1.165, 1.54) is 0 Å². The molecule has 7 rings (SSSR count). The monoisotopic (exact) mass is 694 g/mol. The topological polar surface area (TPSA) is 64.6 Å². The minimum absolute atomic E-state index is 0.0834. The number of rotatable bonds is 16. The van der Waals surface area contributed by atoms with Gasteiger partial charge in [-0.25, -0.2) is 0 Å². The first kappa shape index (κ1) is 34.7. The maximum atomic E-state index is 6.90. The molecule has 1 aliphatic heterocycles. The number of hydrogen-bond donors (Lipinski definition) is 0. The maximum absolute atomic E-state index is 6.90. The third-order valence-electron chi connectivity index (χ3n) is 8.80. The van der Waals surface area contributed by atoms with Crippen LogP contribution in [0.4, 0.5) is 0 Å². The summed E-state index contributed by atoms with van der Waals surface area (Å²) in [6.45, 7) is 1.70. The molecule has 264 valence electrons. The molecule has 7 heteroatoms. The van der Waals surface area contributed by atoms with Crippen LogP contribution in [0.2, 0.25) is 0 Å². The predicted molar refractivity (Wildman–Crippen MR) is 200 cm³/mol. The molecule has 0 aliphatic carbocycles. The van der Waals surface area contributed by atoms with E-state index in [9.17, 15) is 0 Å². The molecule has 0 N–H and O–H groups in total. The third-order valence-corrected chi connectivity index (χ3v) is 8.80. The molecule has 6 aromatic carbocycles. The van der Waals surface area contributed by atoms with Crippen LogP contribution in [0.25, 0.3) is 0 Å². The Labute approximate surface area is 305 Å². The molecule has 2 atom stereocenters. The fourth-order valence-corrected chi connectivity index (χ4v) is 6.11. The van der Waals surface area contributed by atoms with Crippen LogP contribution in [0.5, 0.6) is 28.7 Å². The van der Waals surface area contributed by atoms with Gasteiger partial charge in [-0.05, 0) is 39.9 Å². The highest BCUT2D eigenvalue weighted by molar-refractivity contribution is 5.53. The zero-order valence-corrected chi connectivity index (χ0v) is 29.2. The van der Waals surface area contributed by atoms with Gasteiger partial charge in [-0.1, -0.05) is 127 Å². The number of ether oxygens (including phenoxy) is 7. The standard InChI is InChI=1S/C45H42O7/c1-46-32-51-41-25-38(47-28-33-14-6-2-7-15-33)26-42-39(41)27-44(50-31-36-20-12-5-13-21-36)45(52-42)37-22-23-40(48-29-34-16-8-3-9-17-34)43(24-37)49-30-35-18-10-4-11-19-35/h2-26,44-45H,27-32H2,1H3/t44-,45-/m1/s1. The van der Waals surface area contributed by atoms with Crippen molar-refractivity contribution >= 4 is 0 Å². The molecule has 6 aromatic rings. The molecule has 0 spiro atoms. The lowest BCUT2D eigenvalue weighted by Crippen LogP contribution is -2.33. The predicted octanol–water partition coefficient (Wildman–Crippen LogP) is 9.67. The van der Waals surface area contributed by atoms with Crippen molar-refractivity contribution in [1.29, 1.82) is 0 Å².